The van der Waals surface area contributed by atoms with E-state index in [0.29, 0.717) is 12.5 Å². The zero-order valence-corrected chi connectivity index (χ0v) is 11.4. The fourth-order valence-electron chi connectivity index (χ4n) is 1.38. The first-order valence-electron chi connectivity index (χ1n) is 6.16. The van der Waals surface area contributed by atoms with Crippen LogP contribution in [0.5, 0.6) is 0 Å². The van der Waals surface area contributed by atoms with Crippen LogP contribution in [0.25, 0.3) is 0 Å². The smallest absolute Gasteiger partial charge is 0.188 e. The quantitative estimate of drug-likeness (QED) is 0.594. The molecule has 3 N–H and O–H groups in total. The zero-order chi connectivity index (χ0) is 13.4. The molecule has 0 amide bonds. The van der Waals surface area contributed by atoms with Gasteiger partial charge in [0.1, 0.15) is 0 Å². The van der Waals surface area contributed by atoms with E-state index in [4.69, 9.17) is 10.5 Å². The van der Waals surface area contributed by atoms with E-state index < -0.39 is 0 Å². The summed E-state index contributed by atoms with van der Waals surface area (Å²) in [6.07, 6.45) is 0.935. The summed E-state index contributed by atoms with van der Waals surface area (Å²) in [6.45, 7) is 5.29. The summed E-state index contributed by atoms with van der Waals surface area (Å²) in [5.74, 6) is 0.469. The Morgan fingerprint density at radius 3 is 2.61 bits per heavy atom. The minimum absolute atomic E-state index is 0.272. The molecule has 100 valence electrons. The second kappa shape index (κ2) is 7.01. The van der Waals surface area contributed by atoms with Gasteiger partial charge < -0.3 is 15.8 Å². The highest BCUT2D eigenvalue weighted by molar-refractivity contribution is 5.77. The number of benzene rings is 1. The number of ether oxygens (including phenoxy) is 1. The number of rotatable bonds is 6. The van der Waals surface area contributed by atoms with Crippen molar-refractivity contribution in [1.82, 2.24) is 5.32 Å². The van der Waals surface area contributed by atoms with Gasteiger partial charge >= 0.3 is 0 Å². The van der Waals surface area contributed by atoms with Crippen LogP contribution in [0.1, 0.15) is 19.4 Å². The van der Waals surface area contributed by atoms with Crippen molar-refractivity contribution in [2.45, 2.75) is 25.9 Å². The van der Waals surface area contributed by atoms with Gasteiger partial charge in [-0.2, -0.15) is 0 Å². The number of nitrogens with two attached hydrogens (primary N) is 1. The molecule has 18 heavy (non-hydrogen) atoms. The molecule has 1 aromatic rings. The predicted molar refractivity (Wildman–Crippen MR) is 75.7 cm³/mol. The van der Waals surface area contributed by atoms with E-state index in [1.807, 2.05) is 32.0 Å². The van der Waals surface area contributed by atoms with Crippen LogP contribution in [0.15, 0.2) is 35.3 Å². The van der Waals surface area contributed by atoms with Crippen LogP contribution < -0.4 is 11.1 Å². The van der Waals surface area contributed by atoms with Crippen molar-refractivity contribution in [3.05, 3.63) is 35.9 Å². The molecule has 0 spiro atoms. The maximum atomic E-state index is 5.78. The predicted octanol–water partition coefficient (Wildman–Crippen LogP) is 1.56. The van der Waals surface area contributed by atoms with Gasteiger partial charge in [0, 0.05) is 13.7 Å². The molecular formula is C14H23N3O. The summed E-state index contributed by atoms with van der Waals surface area (Å²) < 4.78 is 5.27. The third-order valence-electron chi connectivity index (χ3n) is 2.75. The first-order valence-corrected chi connectivity index (χ1v) is 6.16. The summed E-state index contributed by atoms with van der Waals surface area (Å²) >= 11 is 0. The molecule has 0 saturated carbocycles. The molecule has 0 radical (unpaired) electrons. The van der Waals surface area contributed by atoms with Gasteiger partial charge in [0.2, 0.25) is 0 Å². The fraction of sp³-hybridized carbons (Fsp3) is 0.500. The van der Waals surface area contributed by atoms with Crippen molar-refractivity contribution in [3.8, 4) is 0 Å². The van der Waals surface area contributed by atoms with Gasteiger partial charge in [-0.25, -0.2) is 0 Å². The molecule has 0 bridgehead atoms. The molecule has 0 unspecified atom stereocenters. The van der Waals surface area contributed by atoms with Gasteiger partial charge in [-0.1, -0.05) is 30.3 Å². The Labute approximate surface area is 109 Å². The lowest BCUT2D eigenvalue weighted by Crippen LogP contribution is -2.36. The van der Waals surface area contributed by atoms with E-state index in [0.717, 1.165) is 13.0 Å². The Morgan fingerprint density at radius 2 is 2.00 bits per heavy atom. The van der Waals surface area contributed by atoms with E-state index >= 15 is 0 Å². The summed E-state index contributed by atoms with van der Waals surface area (Å²) in [7, 11) is 1.68. The van der Waals surface area contributed by atoms with E-state index in [1.54, 1.807) is 7.11 Å². The largest absolute Gasteiger partial charge is 0.377 e. The zero-order valence-electron chi connectivity index (χ0n) is 11.4. The minimum atomic E-state index is -0.272. The number of hydrogen-bond donors (Lipinski definition) is 2. The van der Waals surface area contributed by atoms with E-state index in [1.165, 1.54) is 5.56 Å². The SMILES string of the molecule is COC(C)(C)CN=C(N)NCCc1ccccc1. The average Bonchev–Trinajstić information content (AvgIpc) is 2.38. The third kappa shape index (κ3) is 5.68. The van der Waals surface area contributed by atoms with E-state index in [2.05, 4.69) is 22.4 Å². The fourth-order valence-corrected chi connectivity index (χ4v) is 1.38. The van der Waals surface area contributed by atoms with Crippen molar-refractivity contribution in [2.75, 3.05) is 20.2 Å². The van der Waals surface area contributed by atoms with Crippen LogP contribution in [-0.2, 0) is 11.2 Å². The number of nitrogens with zero attached hydrogens (tertiary/aromatic N) is 1. The van der Waals surface area contributed by atoms with Gasteiger partial charge in [0.25, 0.3) is 0 Å². The molecule has 0 aliphatic carbocycles. The van der Waals surface area contributed by atoms with Crippen molar-refractivity contribution in [3.63, 3.8) is 0 Å². The monoisotopic (exact) mass is 249 g/mol. The van der Waals surface area contributed by atoms with Gasteiger partial charge in [-0.05, 0) is 25.8 Å². The molecule has 1 aromatic carbocycles. The van der Waals surface area contributed by atoms with Gasteiger partial charge in [-0.3, -0.25) is 4.99 Å². The van der Waals surface area contributed by atoms with E-state index in [9.17, 15) is 0 Å². The highest BCUT2D eigenvalue weighted by Crippen LogP contribution is 2.06. The summed E-state index contributed by atoms with van der Waals surface area (Å²) in [4.78, 5) is 4.26. The van der Waals surface area contributed by atoms with Crippen molar-refractivity contribution in [2.24, 2.45) is 10.7 Å². The highest BCUT2D eigenvalue weighted by atomic mass is 16.5. The summed E-state index contributed by atoms with van der Waals surface area (Å²) in [6, 6.07) is 10.3. The second-order valence-corrected chi connectivity index (χ2v) is 4.83. The number of hydrogen-bond acceptors (Lipinski definition) is 2. The van der Waals surface area contributed by atoms with Crippen LogP contribution in [0, 0.1) is 0 Å². The molecular weight excluding hydrogens is 226 g/mol. The average molecular weight is 249 g/mol. The lowest BCUT2D eigenvalue weighted by Gasteiger charge is -2.20. The Bertz CT molecular complexity index is 374. The van der Waals surface area contributed by atoms with Crippen LogP contribution in [-0.4, -0.2) is 31.8 Å². The van der Waals surface area contributed by atoms with Gasteiger partial charge in [0.15, 0.2) is 5.96 Å². The molecule has 4 heteroatoms. The normalized spacial score (nSPS) is 12.5. The van der Waals surface area contributed by atoms with Crippen LogP contribution in [0.2, 0.25) is 0 Å². The van der Waals surface area contributed by atoms with Crippen LogP contribution >= 0.6 is 0 Å². The molecule has 0 aromatic heterocycles. The topological polar surface area (TPSA) is 59.6 Å². The first-order chi connectivity index (χ1) is 8.53. The van der Waals surface area contributed by atoms with Crippen LogP contribution in [0.4, 0.5) is 0 Å². The second-order valence-electron chi connectivity index (χ2n) is 4.83. The Kier molecular flexibility index (Phi) is 5.65. The Morgan fingerprint density at radius 1 is 1.33 bits per heavy atom. The maximum absolute atomic E-state index is 5.78. The molecule has 0 heterocycles. The summed E-state index contributed by atoms with van der Waals surface area (Å²) in [5.41, 5.74) is 6.80. The van der Waals surface area contributed by atoms with Crippen LogP contribution in [0.3, 0.4) is 0 Å². The molecule has 4 nitrogen and oxygen atoms in total. The van der Waals surface area contributed by atoms with Crippen molar-refractivity contribution in [1.29, 1.82) is 0 Å². The maximum Gasteiger partial charge on any atom is 0.188 e. The molecule has 0 aliphatic rings. The van der Waals surface area contributed by atoms with Crippen molar-refractivity contribution >= 4 is 5.96 Å². The summed E-state index contributed by atoms with van der Waals surface area (Å²) in [5, 5.41) is 3.10. The Balaban J connectivity index is 2.29. The van der Waals surface area contributed by atoms with Crippen molar-refractivity contribution < 1.29 is 4.74 Å². The third-order valence-corrected chi connectivity index (χ3v) is 2.75. The Hall–Kier alpha value is -1.55. The first kappa shape index (κ1) is 14.5. The van der Waals surface area contributed by atoms with Gasteiger partial charge in [0.05, 0.1) is 12.1 Å². The molecule has 1 rings (SSSR count). The number of nitrogens with one attached hydrogen (secondary N) is 1. The number of guanidine groups is 1. The molecule has 0 saturated heterocycles. The van der Waals surface area contributed by atoms with Gasteiger partial charge in [-0.15, -0.1) is 0 Å². The molecule has 0 atom stereocenters. The number of aliphatic imine (C=N–C) groups is 1. The standard InChI is InChI=1S/C14H23N3O/c1-14(2,18-3)11-17-13(15)16-10-9-12-7-5-4-6-8-12/h4-8H,9-11H2,1-3H3,(H3,15,16,17). The highest BCUT2D eigenvalue weighted by Gasteiger charge is 2.15. The minimum Gasteiger partial charge on any atom is -0.377 e. The lowest BCUT2D eigenvalue weighted by molar-refractivity contribution is 0.0311. The lowest BCUT2D eigenvalue weighted by atomic mass is 10.1. The number of methoxy groups -OCH3 is 1. The molecule has 0 fully saturated rings. The molecule has 0 aliphatic heterocycles. The van der Waals surface area contributed by atoms with E-state index in [-0.39, 0.29) is 5.60 Å².